The Morgan fingerprint density at radius 1 is 0.926 bits per heavy atom. The average molecular weight is 363 g/mol. The van der Waals surface area contributed by atoms with Crippen molar-refractivity contribution in [3.05, 3.63) is 83.5 Å². The van der Waals surface area contributed by atoms with Crippen LogP contribution in [0, 0.1) is 5.92 Å². The molecule has 0 bridgehead atoms. The van der Waals surface area contributed by atoms with Crippen molar-refractivity contribution in [2.45, 2.75) is 26.4 Å². The quantitative estimate of drug-likeness (QED) is 0.808. The predicted octanol–water partition coefficient (Wildman–Crippen LogP) is 4.19. The number of para-hydroxylation sites is 2. The first-order valence-corrected chi connectivity index (χ1v) is 9.20. The summed E-state index contributed by atoms with van der Waals surface area (Å²) in [6, 6.07) is 14.4. The zero-order valence-corrected chi connectivity index (χ0v) is 15.5. The van der Waals surface area contributed by atoms with Gasteiger partial charge < -0.3 is 10.2 Å². The maximum absolute atomic E-state index is 12.5. The van der Waals surface area contributed by atoms with Crippen LogP contribution in [-0.2, 0) is 17.9 Å². The second kappa shape index (κ2) is 8.69. The topological polar surface area (TPSA) is 60.8 Å². The van der Waals surface area contributed by atoms with Gasteiger partial charge in [-0.25, -0.2) is 0 Å². The van der Waals surface area contributed by atoms with Crippen molar-refractivity contribution in [2.24, 2.45) is 5.92 Å². The molecule has 2 aromatic carbocycles. The molecular formula is C23H25NO3. The molecule has 0 heterocycles. The van der Waals surface area contributed by atoms with E-state index in [0.717, 1.165) is 23.1 Å². The van der Waals surface area contributed by atoms with E-state index in [1.807, 2.05) is 36.4 Å². The molecule has 0 saturated heterocycles. The second-order valence-corrected chi connectivity index (χ2v) is 7.07. The minimum Gasteiger partial charge on any atom is -0.508 e. The molecule has 4 nitrogen and oxygen atoms in total. The van der Waals surface area contributed by atoms with E-state index in [2.05, 4.69) is 11.8 Å². The Morgan fingerprint density at radius 2 is 1.48 bits per heavy atom. The Labute approximate surface area is 160 Å². The van der Waals surface area contributed by atoms with Gasteiger partial charge in [0.05, 0.1) is 0 Å². The molecule has 27 heavy (non-hydrogen) atoms. The molecule has 0 radical (unpaired) electrons. The lowest BCUT2D eigenvalue weighted by molar-refractivity contribution is -0.111. The number of ketones is 1. The molecule has 140 valence electrons. The third kappa shape index (κ3) is 5.08. The number of allylic oxidation sites excluding steroid dienone is 3. The van der Waals surface area contributed by atoms with Gasteiger partial charge in [0.25, 0.3) is 0 Å². The van der Waals surface area contributed by atoms with Crippen LogP contribution in [0.4, 0.5) is 0 Å². The van der Waals surface area contributed by atoms with Crippen LogP contribution < -0.4 is 0 Å². The number of hydrogen-bond acceptors (Lipinski definition) is 4. The van der Waals surface area contributed by atoms with Crippen LogP contribution in [0.15, 0.2) is 72.3 Å². The van der Waals surface area contributed by atoms with Crippen LogP contribution in [0.1, 0.15) is 24.5 Å². The lowest BCUT2D eigenvalue weighted by Gasteiger charge is -2.24. The number of rotatable bonds is 6. The molecule has 1 unspecified atom stereocenters. The van der Waals surface area contributed by atoms with Gasteiger partial charge in [-0.3, -0.25) is 9.69 Å². The van der Waals surface area contributed by atoms with E-state index in [-0.39, 0.29) is 17.3 Å². The van der Waals surface area contributed by atoms with E-state index in [4.69, 9.17) is 0 Å². The summed E-state index contributed by atoms with van der Waals surface area (Å²) in [6.45, 7) is 3.50. The zero-order chi connectivity index (χ0) is 19.2. The van der Waals surface area contributed by atoms with E-state index in [1.165, 1.54) is 0 Å². The number of benzene rings is 2. The minimum absolute atomic E-state index is 0.0268. The largest absolute Gasteiger partial charge is 0.508 e. The normalized spacial score (nSPS) is 17.0. The molecule has 2 aromatic rings. The van der Waals surface area contributed by atoms with Crippen molar-refractivity contribution in [1.29, 1.82) is 0 Å². The maximum Gasteiger partial charge on any atom is 0.182 e. The van der Waals surface area contributed by atoms with Crippen LogP contribution >= 0.6 is 0 Å². The van der Waals surface area contributed by atoms with E-state index in [1.54, 1.807) is 30.3 Å². The zero-order valence-electron chi connectivity index (χ0n) is 15.5. The Hall–Kier alpha value is -2.85. The van der Waals surface area contributed by atoms with Gasteiger partial charge >= 0.3 is 0 Å². The van der Waals surface area contributed by atoms with Crippen LogP contribution in [0.25, 0.3) is 0 Å². The molecule has 1 aliphatic rings. The van der Waals surface area contributed by atoms with E-state index >= 15 is 0 Å². The third-order valence-electron chi connectivity index (χ3n) is 4.74. The first-order valence-electron chi connectivity index (χ1n) is 9.20. The lowest BCUT2D eigenvalue weighted by Crippen LogP contribution is -2.27. The first kappa shape index (κ1) is 18.9. The fourth-order valence-corrected chi connectivity index (χ4v) is 3.30. The molecular weight excluding hydrogens is 338 g/mol. The van der Waals surface area contributed by atoms with Gasteiger partial charge in [0.15, 0.2) is 5.78 Å². The molecule has 4 heteroatoms. The Balaban J connectivity index is 1.87. The van der Waals surface area contributed by atoms with Crippen molar-refractivity contribution in [3.8, 4) is 11.5 Å². The van der Waals surface area contributed by atoms with Crippen LogP contribution in [0.3, 0.4) is 0 Å². The SMILES string of the molecule is CC1C=C(CN(Cc2ccccc2O)Cc2ccccc2O)C(=O)C=CC1. The highest BCUT2D eigenvalue weighted by atomic mass is 16.3. The van der Waals surface area contributed by atoms with Crippen molar-refractivity contribution < 1.29 is 15.0 Å². The number of aromatic hydroxyl groups is 2. The molecule has 0 aromatic heterocycles. The van der Waals surface area contributed by atoms with Gasteiger partial charge in [-0.1, -0.05) is 55.5 Å². The molecule has 0 fully saturated rings. The van der Waals surface area contributed by atoms with Gasteiger partial charge in [0.2, 0.25) is 0 Å². The molecule has 0 aliphatic heterocycles. The second-order valence-electron chi connectivity index (χ2n) is 7.07. The summed E-state index contributed by atoms with van der Waals surface area (Å²) < 4.78 is 0. The first-order chi connectivity index (χ1) is 13.0. The summed E-state index contributed by atoms with van der Waals surface area (Å²) in [7, 11) is 0. The lowest BCUT2D eigenvalue weighted by atomic mass is 10.0. The molecule has 1 atom stereocenters. The fourth-order valence-electron chi connectivity index (χ4n) is 3.30. The summed E-state index contributed by atoms with van der Waals surface area (Å²) in [5.41, 5.74) is 2.33. The monoisotopic (exact) mass is 363 g/mol. The highest BCUT2D eigenvalue weighted by Crippen LogP contribution is 2.24. The molecule has 0 saturated carbocycles. The fraction of sp³-hybridized carbons (Fsp3) is 0.261. The molecule has 0 amide bonds. The maximum atomic E-state index is 12.5. The molecule has 0 spiro atoms. The summed E-state index contributed by atoms with van der Waals surface area (Å²) in [6.07, 6.45) is 6.46. The number of phenolic OH excluding ortho intramolecular Hbond substituents is 2. The number of carbonyl (C=O) groups excluding carboxylic acids is 1. The summed E-state index contributed by atoms with van der Waals surface area (Å²) in [4.78, 5) is 14.5. The van der Waals surface area contributed by atoms with Crippen LogP contribution in [0.5, 0.6) is 11.5 Å². The van der Waals surface area contributed by atoms with Crippen molar-refractivity contribution in [1.82, 2.24) is 4.90 Å². The van der Waals surface area contributed by atoms with E-state index in [0.29, 0.717) is 25.6 Å². The van der Waals surface area contributed by atoms with E-state index in [9.17, 15) is 15.0 Å². The van der Waals surface area contributed by atoms with Gasteiger partial charge in [0, 0.05) is 36.3 Å². The predicted molar refractivity (Wildman–Crippen MR) is 106 cm³/mol. The number of phenols is 2. The van der Waals surface area contributed by atoms with Gasteiger partial charge in [0.1, 0.15) is 11.5 Å². The summed E-state index contributed by atoms with van der Waals surface area (Å²) in [5, 5.41) is 20.3. The summed E-state index contributed by atoms with van der Waals surface area (Å²) >= 11 is 0. The van der Waals surface area contributed by atoms with E-state index < -0.39 is 0 Å². The van der Waals surface area contributed by atoms with Gasteiger partial charge in [-0.2, -0.15) is 0 Å². The van der Waals surface area contributed by atoms with Crippen molar-refractivity contribution >= 4 is 5.78 Å². The average Bonchev–Trinajstić information content (AvgIpc) is 2.79. The third-order valence-corrected chi connectivity index (χ3v) is 4.74. The Morgan fingerprint density at radius 3 is 2.04 bits per heavy atom. The smallest absolute Gasteiger partial charge is 0.182 e. The number of nitrogens with zero attached hydrogens (tertiary/aromatic N) is 1. The standard InChI is InChI=1S/C23H25NO3/c1-17-7-6-12-23(27)20(13-17)16-24(14-18-8-2-4-10-21(18)25)15-19-9-3-5-11-22(19)26/h2-6,8-13,17,25-26H,7,14-16H2,1H3. The number of hydrogen-bond donors (Lipinski definition) is 2. The number of carbonyl (C=O) groups is 1. The van der Waals surface area contributed by atoms with Crippen LogP contribution in [0.2, 0.25) is 0 Å². The van der Waals surface area contributed by atoms with Crippen molar-refractivity contribution in [2.75, 3.05) is 6.54 Å². The van der Waals surface area contributed by atoms with Gasteiger partial charge in [-0.15, -0.1) is 0 Å². The molecule has 2 N–H and O–H groups in total. The minimum atomic E-state index is 0.0268. The van der Waals surface area contributed by atoms with Gasteiger partial charge in [-0.05, 0) is 30.5 Å². The Kier molecular flexibility index (Phi) is 6.09. The van der Waals surface area contributed by atoms with Crippen molar-refractivity contribution in [3.63, 3.8) is 0 Å². The molecule has 1 aliphatic carbocycles. The highest BCUT2D eigenvalue weighted by molar-refractivity contribution is 6.04. The molecule has 3 rings (SSSR count). The van der Waals surface area contributed by atoms with Crippen LogP contribution in [-0.4, -0.2) is 27.4 Å². The summed E-state index contributed by atoms with van der Waals surface area (Å²) in [5.74, 6) is 0.794. The highest BCUT2D eigenvalue weighted by Gasteiger charge is 2.18. The Bertz CT molecular complexity index is 822.